The third-order valence-electron chi connectivity index (χ3n) is 5.47. The van der Waals surface area contributed by atoms with Crippen LogP contribution in [0.25, 0.3) is 0 Å². The van der Waals surface area contributed by atoms with Crippen molar-refractivity contribution in [3.63, 3.8) is 0 Å². The molecule has 0 aliphatic heterocycles. The zero-order valence-electron chi connectivity index (χ0n) is 18.6. The fourth-order valence-corrected chi connectivity index (χ4v) is 4.34. The third kappa shape index (κ3) is 8.91. The minimum atomic E-state index is -4.51. The van der Waals surface area contributed by atoms with Gasteiger partial charge in [0.15, 0.2) is 11.5 Å². The van der Waals surface area contributed by atoms with Crippen molar-refractivity contribution in [1.29, 1.82) is 0 Å². The second kappa shape index (κ2) is 13.4. The fourth-order valence-electron chi connectivity index (χ4n) is 3.71. The van der Waals surface area contributed by atoms with Crippen molar-refractivity contribution < 1.29 is 22.8 Å². The van der Waals surface area contributed by atoms with Crippen LogP contribution in [0.3, 0.4) is 0 Å². The molecule has 0 unspecified atom stereocenters. The first-order valence-electron chi connectivity index (χ1n) is 11.5. The Hall–Kier alpha value is -2.05. The third-order valence-corrected chi connectivity index (χ3v) is 6.35. The van der Waals surface area contributed by atoms with Crippen LogP contribution >= 0.6 is 0 Å². The Balaban J connectivity index is 1.82. The SMILES string of the molecule is CCCCCCCCCCCCCc1ccccc1Oc1c(O)cccc1S(=O)(=O)O. The van der Waals surface area contributed by atoms with Crippen LogP contribution in [0.4, 0.5) is 0 Å². The van der Waals surface area contributed by atoms with Crippen molar-refractivity contribution in [3.8, 4) is 17.2 Å². The van der Waals surface area contributed by atoms with Gasteiger partial charge in [-0.05, 0) is 36.6 Å². The topological polar surface area (TPSA) is 83.8 Å². The molecule has 2 rings (SSSR count). The largest absolute Gasteiger partial charge is 0.504 e. The van der Waals surface area contributed by atoms with Crippen LogP contribution in [0.1, 0.15) is 83.1 Å². The van der Waals surface area contributed by atoms with Gasteiger partial charge in [-0.25, -0.2) is 0 Å². The van der Waals surface area contributed by atoms with Crippen molar-refractivity contribution in [2.75, 3.05) is 0 Å². The van der Waals surface area contributed by atoms with E-state index in [9.17, 15) is 18.1 Å². The van der Waals surface area contributed by atoms with Gasteiger partial charge in [0.25, 0.3) is 10.1 Å². The van der Waals surface area contributed by atoms with Crippen molar-refractivity contribution in [1.82, 2.24) is 0 Å². The number of aryl methyl sites for hydroxylation is 1. The van der Waals surface area contributed by atoms with Crippen molar-refractivity contribution in [3.05, 3.63) is 48.0 Å². The van der Waals surface area contributed by atoms with Crippen LogP contribution < -0.4 is 4.74 Å². The standard InChI is InChI=1S/C25H36O5S/c1-2-3-4-5-6-7-8-9-10-11-12-16-21-17-13-14-19-23(21)30-25-22(26)18-15-20-24(25)31(27,28)29/h13-15,17-20,26H,2-12,16H2,1H3,(H,27,28,29). The van der Waals surface area contributed by atoms with Gasteiger partial charge in [0, 0.05) is 0 Å². The molecule has 0 radical (unpaired) electrons. The molecule has 0 aliphatic rings. The maximum Gasteiger partial charge on any atom is 0.298 e. The number of unbranched alkanes of at least 4 members (excludes halogenated alkanes) is 10. The van der Waals surface area contributed by atoms with E-state index in [1.807, 2.05) is 12.1 Å². The average Bonchev–Trinajstić information content (AvgIpc) is 2.73. The number of phenols is 1. The summed E-state index contributed by atoms with van der Waals surface area (Å²) >= 11 is 0. The molecule has 0 fully saturated rings. The van der Waals surface area contributed by atoms with E-state index in [-0.39, 0.29) is 11.5 Å². The molecule has 0 atom stereocenters. The number of phenolic OH excluding ortho intramolecular Hbond substituents is 1. The highest BCUT2D eigenvalue weighted by atomic mass is 32.2. The maximum atomic E-state index is 11.6. The van der Waals surface area contributed by atoms with E-state index in [4.69, 9.17) is 4.74 Å². The monoisotopic (exact) mass is 448 g/mol. The summed E-state index contributed by atoms with van der Waals surface area (Å²) in [4.78, 5) is -0.447. The summed E-state index contributed by atoms with van der Waals surface area (Å²) in [5.41, 5.74) is 0.947. The van der Waals surface area contributed by atoms with E-state index < -0.39 is 15.0 Å². The molecule has 0 saturated heterocycles. The Labute approximate surface area is 187 Å². The molecule has 0 aromatic heterocycles. The number of hydrogen-bond acceptors (Lipinski definition) is 4. The molecule has 5 nitrogen and oxygen atoms in total. The Kier molecular flexibility index (Phi) is 10.9. The Morgan fingerprint density at radius 2 is 1.35 bits per heavy atom. The maximum absolute atomic E-state index is 11.6. The average molecular weight is 449 g/mol. The molecular formula is C25H36O5S. The van der Waals surface area contributed by atoms with E-state index >= 15 is 0 Å². The molecular weight excluding hydrogens is 412 g/mol. The van der Waals surface area contributed by atoms with Crippen molar-refractivity contribution in [2.45, 2.75) is 88.9 Å². The molecule has 0 bridgehead atoms. The highest BCUT2D eigenvalue weighted by molar-refractivity contribution is 7.86. The van der Waals surface area contributed by atoms with Crippen LogP contribution in [-0.2, 0) is 16.5 Å². The quantitative estimate of drug-likeness (QED) is 0.221. The van der Waals surface area contributed by atoms with E-state index in [0.29, 0.717) is 5.75 Å². The molecule has 172 valence electrons. The summed E-state index contributed by atoms with van der Waals surface area (Å²) in [6.45, 7) is 2.24. The number of hydrogen-bond donors (Lipinski definition) is 2. The van der Waals surface area contributed by atoms with E-state index in [1.165, 1.54) is 76.0 Å². The van der Waals surface area contributed by atoms with E-state index in [2.05, 4.69) is 6.92 Å². The Morgan fingerprint density at radius 3 is 1.97 bits per heavy atom. The smallest absolute Gasteiger partial charge is 0.298 e. The van der Waals surface area contributed by atoms with Crippen LogP contribution in [0.2, 0.25) is 0 Å². The van der Waals surface area contributed by atoms with Crippen molar-refractivity contribution in [2.24, 2.45) is 0 Å². The summed E-state index contributed by atoms with van der Waals surface area (Å²) < 4.78 is 38.5. The van der Waals surface area contributed by atoms with Gasteiger partial charge in [-0.1, -0.05) is 95.4 Å². The van der Waals surface area contributed by atoms with E-state index in [1.54, 1.807) is 12.1 Å². The molecule has 0 heterocycles. The molecule has 0 amide bonds. The number of aromatic hydroxyl groups is 1. The number of rotatable bonds is 15. The van der Waals surface area contributed by atoms with E-state index in [0.717, 1.165) is 24.8 Å². The lowest BCUT2D eigenvalue weighted by atomic mass is 10.0. The normalized spacial score (nSPS) is 11.5. The minimum Gasteiger partial charge on any atom is -0.504 e. The van der Waals surface area contributed by atoms with Gasteiger partial charge >= 0.3 is 0 Å². The zero-order chi connectivity index (χ0) is 22.5. The molecule has 31 heavy (non-hydrogen) atoms. The van der Waals surface area contributed by atoms with Gasteiger partial charge in [-0.3, -0.25) is 4.55 Å². The Bertz CT molecular complexity index is 893. The molecule has 2 N–H and O–H groups in total. The number of ether oxygens (including phenoxy) is 1. The molecule has 2 aromatic carbocycles. The summed E-state index contributed by atoms with van der Waals surface area (Å²) in [7, 11) is -4.51. The van der Waals surface area contributed by atoms with Gasteiger partial charge in [0.2, 0.25) is 0 Å². The second-order valence-corrected chi connectivity index (χ2v) is 9.46. The van der Waals surface area contributed by atoms with Crippen molar-refractivity contribution >= 4 is 10.1 Å². The molecule has 0 aliphatic carbocycles. The highest BCUT2D eigenvalue weighted by Crippen LogP contribution is 2.38. The summed E-state index contributed by atoms with van der Waals surface area (Å²) in [5.74, 6) is -0.100. The summed E-state index contributed by atoms with van der Waals surface area (Å²) in [6.07, 6.45) is 14.8. The van der Waals surface area contributed by atoms with Crippen LogP contribution in [0.5, 0.6) is 17.2 Å². The first-order chi connectivity index (χ1) is 14.9. The second-order valence-electron chi connectivity index (χ2n) is 8.07. The minimum absolute atomic E-state index is 0.253. The lowest BCUT2D eigenvalue weighted by Gasteiger charge is -2.14. The molecule has 0 spiro atoms. The highest BCUT2D eigenvalue weighted by Gasteiger charge is 2.21. The molecule has 2 aromatic rings. The predicted molar refractivity (Wildman–Crippen MR) is 125 cm³/mol. The van der Waals surface area contributed by atoms with Gasteiger partial charge in [-0.15, -0.1) is 0 Å². The molecule has 0 saturated carbocycles. The van der Waals surface area contributed by atoms with Gasteiger partial charge in [0.1, 0.15) is 10.6 Å². The lowest BCUT2D eigenvalue weighted by Crippen LogP contribution is -2.02. The first-order valence-corrected chi connectivity index (χ1v) is 12.9. The number of para-hydroxylation sites is 2. The molecule has 6 heteroatoms. The van der Waals surface area contributed by atoms with Crippen LogP contribution in [-0.4, -0.2) is 18.1 Å². The number of benzene rings is 2. The zero-order valence-corrected chi connectivity index (χ0v) is 19.4. The summed E-state index contributed by atoms with van der Waals surface area (Å²) in [6, 6.07) is 11.3. The predicted octanol–water partition coefficient (Wildman–Crippen LogP) is 7.28. The first kappa shape index (κ1) is 25.2. The summed E-state index contributed by atoms with van der Waals surface area (Å²) in [5, 5.41) is 10.1. The Morgan fingerprint density at radius 1 is 0.774 bits per heavy atom. The van der Waals surface area contributed by atoms with Crippen LogP contribution in [0, 0.1) is 0 Å². The lowest BCUT2D eigenvalue weighted by molar-refractivity contribution is 0.394. The fraction of sp³-hybridized carbons (Fsp3) is 0.520. The van der Waals surface area contributed by atoms with Gasteiger partial charge in [-0.2, -0.15) is 8.42 Å². The van der Waals surface area contributed by atoms with Gasteiger partial charge < -0.3 is 9.84 Å². The van der Waals surface area contributed by atoms with Gasteiger partial charge in [0.05, 0.1) is 0 Å². The van der Waals surface area contributed by atoms with Crippen LogP contribution in [0.15, 0.2) is 47.4 Å².